The van der Waals surface area contributed by atoms with Crippen molar-refractivity contribution in [3.8, 4) is 23.0 Å². The van der Waals surface area contributed by atoms with E-state index in [4.69, 9.17) is 18.9 Å². The van der Waals surface area contributed by atoms with Gasteiger partial charge in [0.15, 0.2) is 73.7 Å². The van der Waals surface area contributed by atoms with E-state index in [-0.39, 0.29) is 45.3 Å². The fourth-order valence-corrected chi connectivity index (χ4v) is 19.2. The van der Waals surface area contributed by atoms with Crippen LogP contribution in [0.15, 0.2) is 146 Å². The maximum atomic E-state index is 16.7. The number of amides is 16. The van der Waals surface area contributed by atoms with Crippen LogP contribution in [0.5, 0.6) is 23.0 Å². The summed E-state index contributed by atoms with van der Waals surface area (Å²) in [6.07, 6.45) is -5.51. The lowest BCUT2D eigenvalue weighted by atomic mass is 9.79. The van der Waals surface area contributed by atoms with E-state index >= 15 is 38.4 Å². The number of carboxylic acids is 4. The number of carbonyl (C=O) groups excluding carboxylic acids is 8. The van der Waals surface area contributed by atoms with E-state index < -0.39 is 212 Å². The maximum absolute atomic E-state index is 16.7. The number of ether oxygens (including phenoxy) is 4. The van der Waals surface area contributed by atoms with Crippen molar-refractivity contribution in [2.75, 3.05) is 66.4 Å². The normalized spacial score (nSPS) is 27.3. The number of carbonyl (C=O) groups is 12. The van der Waals surface area contributed by atoms with Gasteiger partial charge in [-0.25, -0.2) is 57.5 Å². The van der Waals surface area contributed by atoms with Gasteiger partial charge in [-0.2, -0.15) is 0 Å². The van der Waals surface area contributed by atoms with E-state index in [9.17, 15) is 39.6 Å². The van der Waals surface area contributed by atoms with Gasteiger partial charge in [0.2, 0.25) is 0 Å². The highest BCUT2D eigenvalue weighted by atomic mass is 16.5. The summed E-state index contributed by atoms with van der Waals surface area (Å²) in [6.45, 7) is -9.03. The van der Waals surface area contributed by atoms with Crippen LogP contribution in [0.3, 0.4) is 0 Å². The van der Waals surface area contributed by atoms with Gasteiger partial charge in [-0.1, -0.05) is 121 Å². The quantitative estimate of drug-likeness (QED) is 0.107. The maximum Gasteiger partial charge on any atom is 0.341 e. The average Bonchev–Trinajstić information content (AvgIpc) is 1.47. The smallest absolute Gasteiger partial charge is 0.341 e. The van der Waals surface area contributed by atoms with Crippen molar-refractivity contribution in [1.82, 2.24) is 78.4 Å². The molecular weight excluding hydrogens is 1380 g/mol. The second-order valence-electron chi connectivity index (χ2n) is 27.5. The first-order chi connectivity index (χ1) is 51.2. The highest BCUT2D eigenvalue weighted by Gasteiger charge is 2.85. The van der Waals surface area contributed by atoms with Crippen molar-refractivity contribution in [3.05, 3.63) is 190 Å². The molecule has 0 spiro atoms. The number of hydrogen-bond donors (Lipinski definition) is 4. The van der Waals surface area contributed by atoms with Gasteiger partial charge < -0.3 is 39.4 Å². The van der Waals surface area contributed by atoms with Gasteiger partial charge in [-0.05, 0) is 24.3 Å². The van der Waals surface area contributed by atoms with Gasteiger partial charge >= 0.3 is 72.1 Å². The highest BCUT2D eigenvalue weighted by molar-refractivity contribution is 5.96. The first-order valence-corrected chi connectivity index (χ1v) is 33.8. The van der Waals surface area contributed by atoms with E-state index in [1.165, 1.54) is 103 Å². The largest absolute Gasteiger partial charge is 0.482 e. The summed E-state index contributed by atoms with van der Waals surface area (Å²) in [5.74, 6) is -5.48. The summed E-state index contributed by atoms with van der Waals surface area (Å²) in [7, 11) is 0. The molecule has 6 aromatic rings. The first-order valence-electron chi connectivity index (χ1n) is 33.8. The van der Waals surface area contributed by atoms with Crippen LogP contribution in [0.2, 0.25) is 0 Å². The third-order valence-corrected chi connectivity index (χ3v) is 22.8. The molecule has 13 aliphatic heterocycles. The van der Waals surface area contributed by atoms with Gasteiger partial charge in [-0.3, -0.25) is 78.4 Å². The fourth-order valence-electron chi connectivity index (χ4n) is 19.2. The Kier molecular flexibility index (Phi) is 13.2. The highest BCUT2D eigenvalue weighted by Crippen LogP contribution is 2.68. The standard InChI is InChI=1S/C70H60N16O20/c87-51(88)29-103-47-21-22-48(104-30-52(89)90)44-26-80-64(100)84-36-76-57-55-71(59(95)75(57)35-83-63(99)79(25-43(44)47)67(80,39-13-5-1-6-14-39)69(83,84)41-17-9-3-10-18-41)33-73-56-58-77(61(73)97)37-85-65(101)81-27-45-46(50(106-32-54(93)94)24-23-49(45)105-31-53(91)92)28-82-66(102)86(38-78(58)62(98)74(56)34-72(55)60(76)96)70(85,42-19-11-4-12-20-42)68(81,82)40-15-7-2-8-16-40/h1-24,55-58H,25-38H2,(H,87,88)(H,89,90)(H,91,92)(H,93,94). The first kappa shape index (κ1) is 63.5. The number of urea groups is 8. The number of aliphatic carboxylic acids is 4. The third-order valence-electron chi connectivity index (χ3n) is 22.8. The molecule has 0 saturated carbocycles. The summed E-state index contributed by atoms with van der Waals surface area (Å²) in [5, 5.41) is 39.6. The molecule has 4 N–H and O–H groups in total. The number of rotatable bonds is 16. The third kappa shape index (κ3) is 7.73. The van der Waals surface area contributed by atoms with Crippen LogP contribution < -0.4 is 18.9 Å². The Hall–Kier alpha value is -13.4. The van der Waals surface area contributed by atoms with Gasteiger partial charge in [0.25, 0.3) is 0 Å². The summed E-state index contributed by atoms with van der Waals surface area (Å²) in [6, 6.07) is 33.6. The van der Waals surface area contributed by atoms with Gasteiger partial charge in [0.05, 0.1) is 26.2 Å². The lowest BCUT2D eigenvalue weighted by Crippen LogP contribution is -2.68. The van der Waals surface area contributed by atoms with Crippen molar-refractivity contribution in [2.24, 2.45) is 0 Å². The minimum Gasteiger partial charge on any atom is -0.482 e. The number of nitrogens with zero attached hydrogens (tertiary/aromatic N) is 16. The van der Waals surface area contributed by atoms with Crippen LogP contribution in [0.1, 0.15) is 44.5 Å². The van der Waals surface area contributed by atoms with Crippen LogP contribution in [0.4, 0.5) is 38.4 Å². The molecule has 13 heterocycles. The van der Waals surface area contributed by atoms with E-state index in [0.717, 1.165) is 0 Å². The van der Waals surface area contributed by atoms with Crippen molar-refractivity contribution >= 4 is 72.1 Å². The fraction of sp³-hybridized carbons (Fsp3) is 0.314. The van der Waals surface area contributed by atoms with Crippen LogP contribution in [0, 0.1) is 0 Å². The number of carboxylic acid groups (broad SMARTS) is 4. The zero-order valence-electron chi connectivity index (χ0n) is 55.5. The summed E-state index contributed by atoms with van der Waals surface area (Å²) in [4.78, 5) is 203. The molecule has 11 fully saturated rings. The van der Waals surface area contributed by atoms with Gasteiger partial charge in [0.1, 0.15) is 63.0 Å². The molecule has 0 unspecified atom stereocenters. The lowest BCUT2D eigenvalue weighted by molar-refractivity contribution is -0.140. The molecule has 36 nitrogen and oxygen atoms in total. The molecule has 0 bridgehead atoms. The van der Waals surface area contributed by atoms with Crippen molar-refractivity contribution in [2.45, 2.75) is 73.5 Å². The summed E-state index contributed by atoms with van der Waals surface area (Å²) in [5.41, 5.74) is -6.11. The SMILES string of the molecule is O=C(O)COc1ccc(OCC(=O)O)c2c1CN1C(=O)N3CN4C(=O)N5CN6C(=O)N7CN8C(=O)N9Cc%10c(OCC(=O)O)ccc(OCC(=O)O)c%10CN%10C(=O)N(CN%11C(=O)N(CN%12C(=O)N(CN%13C(=O)N(C2)C1(c1ccccc1)C3%13c1ccccc1)C4C5%12)C6C7%11)C8(c1ccccc1)C9%10c1ccccc1. The molecule has 106 heavy (non-hydrogen) atoms. The lowest BCUT2D eigenvalue weighted by Gasteiger charge is -2.52. The van der Waals surface area contributed by atoms with Crippen molar-refractivity contribution < 1.29 is 96.9 Å². The predicted molar refractivity (Wildman–Crippen MR) is 350 cm³/mol. The van der Waals surface area contributed by atoms with E-state index in [1.807, 2.05) is 0 Å². The molecule has 0 atom stereocenters. The Morgan fingerprint density at radius 1 is 0.274 bits per heavy atom. The van der Waals surface area contributed by atoms with E-state index in [1.54, 1.807) is 121 Å². The average molecular weight is 1450 g/mol. The van der Waals surface area contributed by atoms with Gasteiger partial charge in [0, 0.05) is 44.5 Å². The molecule has 16 amide bonds. The molecule has 11 saturated heterocycles. The minimum atomic E-state index is -2.08. The van der Waals surface area contributed by atoms with Crippen LogP contribution in [-0.4, -0.2) is 262 Å². The Bertz CT molecular complexity index is 4440. The molecule has 0 aliphatic carbocycles. The van der Waals surface area contributed by atoms with Crippen LogP contribution in [0.25, 0.3) is 0 Å². The zero-order chi connectivity index (χ0) is 73.1. The topological polar surface area (TPSA) is 375 Å². The summed E-state index contributed by atoms with van der Waals surface area (Å²) >= 11 is 0. The van der Waals surface area contributed by atoms with E-state index in [2.05, 4.69) is 0 Å². The Labute approximate surface area is 598 Å². The number of fused-ring (bicyclic) bond motifs is 2. The molecular formula is C70H60N16O20. The molecule has 19 rings (SSSR count). The second kappa shape index (κ2) is 22.0. The van der Waals surface area contributed by atoms with Crippen molar-refractivity contribution in [1.29, 1.82) is 0 Å². The minimum absolute atomic E-state index is 0.0282. The second-order valence-corrected chi connectivity index (χ2v) is 27.5. The van der Waals surface area contributed by atoms with Crippen LogP contribution >= 0.6 is 0 Å². The number of benzene rings is 6. The predicted octanol–water partition coefficient (Wildman–Crippen LogP) is 3.67. The van der Waals surface area contributed by atoms with E-state index in [0.29, 0.717) is 22.3 Å². The molecule has 0 radical (unpaired) electrons. The monoisotopic (exact) mass is 1440 g/mol. The molecule has 36 heteroatoms. The Morgan fingerprint density at radius 2 is 0.462 bits per heavy atom. The number of hydrogen-bond acceptors (Lipinski definition) is 16. The molecule has 540 valence electrons. The van der Waals surface area contributed by atoms with Crippen LogP contribution in [-0.2, 0) is 68.0 Å². The molecule has 0 aromatic heterocycles. The Morgan fingerprint density at radius 3 is 0.660 bits per heavy atom. The summed E-state index contributed by atoms with van der Waals surface area (Å²) < 4.78 is 23.6. The zero-order valence-corrected chi connectivity index (χ0v) is 55.5. The Balaban J connectivity index is 0.748. The van der Waals surface area contributed by atoms with Gasteiger partial charge in [-0.15, -0.1) is 0 Å². The van der Waals surface area contributed by atoms with Crippen molar-refractivity contribution in [3.63, 3.8) is 0 Å². The molecule has 6 aromatic carbocycles. The molecule has 13 aliphatic rings.